The number of ether oxygens (including phenoxy) is 1. The molecule has 0 spiro atoms. The normalized spacial score (nSPS) is 18.1. The first-order chi connectivity index (χ1) is 10.4. The van der Waals surface area contributed by atoms with Crippen LogP contribution in [0, 0.1) is 17.1 Å². The van der Waals surface area contributed by atoms with Crippen molar-refractivity contribution in [2.45, 2.75) is 26.3 Å². The summed E-state index contributed by atoms with van der Waals surface area (Å²) in [6.07, 6.45) is 0.684. The van der Waals surface area contributed by atoms with Crippen molar-refractivity contribution in [3.05, 3.63) is 28.5 Å². The molecular formula is C16H23ClFN3O. The maximum atomic E-state index is 14.5. The molecule has 1 aliphatic rings. The molecule has 1 unspecified atom stereocenters. The van der Waals surface area contributed by atoms with Gasteiger partial charge in [0.25, 0.3) is 0 Å². The van der Waals surface area contributed by atoms with Gasteiger partial charge in [0.2, 0.25) is 0 Å². The van der Waals surface area contributed by atoms with Gasteiger partial charge in [-0.2, -0.15) is 0 Å². The Morgan fingerprint density at radius 2 is 2.05 bits per heavy atom. The van der Waals surface area contributed by atoms with Crippen molar-refractivity contribution in [2.24, 2.45) is 11.7 Å². The van der Waals surface area contributed by atoms with Crippen molar-refractivity contribution in [1.82, 2.24) is 0 Å². The van der Waals surface area contributed by atoms with Gasteiger partial charge in [0.1, 0.15) is 5.82 Å². The summed E-state index contributed by atoms with van der Waals surface area (Å²) in [4.78, 5) is 1.89. The Kier molecular flexibility index (Phi) is 5.78. The van der Waals surface area contributed by atoms with Crippen LogP contribution in [0.1, 0.15) is 25.8 Å². The summed E-state index contributed by atoms with van der Waals surface area (Å²) in [5, 5.41) is 8.57. The van der Waals surface area contributed by atoms with Crippen molar-refractivity contribution in [2.75, 3.05) is 31.2 Å². The molecule has 2 rings (SSSR count). The number of benzene rings is 1. The summed E-state index contributed by atoms with van der Waals surface area (Å²) in [5.74, 6) is -0.424. The molecule has 1 aromatic carbocycles. The lowest BCUT2D eigenvalue weighted by molar-refractivity contribution is 0.122. The molecule has 1 aromatic rings. The van der Waals surface area contributed by atoms with Crippen LogP contribution in [-0.4, -0.2) is 38.1 Å². The van der Waals surface area contributed by atoms with Crippen LogP contribution in [0.5, 0.6) is 0 Å². The number of anilines is 1. The molecule has 22 heavy (non-hydrogen) atoms. The number of nitrogens with zero attached hydrogens (tertiary/aromatic N) is 1. The van der Waals surface area contributed by atoms with E-state index in [1.807, 2.05) is 18.7 Å². The van der Waals surface area contributed by atoms with Gasteiger partial charge in [-0.3, -0.25) is 0 Å². The Morgan fingerprint density at radius 3 is 2.59 bits per heavy atom. The van der Waals surface area contributed by atoms with Gasteiger partial charge in [0, 0.05) is 30.4 Å². The highest BCUT2D eigenvalue weighted by molar-refractivity contribution is 6.33. The summed E-state index contributed by atoms with van der Waals surface area (Å²) in [6.45, 7) is 6.20. The highest BCUT2D eigenvalue weighted by Crippen LogP contribution is 2.32. The van der Waals surface area contributed by atoms with Crippen LogP contribution in [0.2, 0.25) is 5.02 Å². The number of rotatable bonds is 5. The van der Waals surface area contributed by atoms with E-state index in [1.165, 1.54) is 6.07 Å². The average molecular weight is 328 g/mol. The fraction of sp³-hybridized carbons (Fsp3) is 0.562. The molecule has 3 N–H and O–H groups in total. The predicted octanol–water partition coefficient (Wildman–Crippen LogP) is 3.06. The van der Waals surface area contributed by atoms with E-state index in [0.717, 1.165) is 0 Å². The third kappa shape index (κ3) is 3.97. The summed E-state index contributed by atoms with van der Waals surface area (Å²) in [6, 6.07) is 3.08. The van der Waals surface area contributed by atoms with Gasteiger partial charge < -0.3 is 20.8 Å². The number of nitrogens with one attached hydrogen (secondary N) is 1. The van der Waals surface area contributed by atoms with Crippen molar-refractivity contribution in [3.8, 4) is 0 Å². The van der Waals surface area contributed by atoms with E-state index < -0.39 is 0 Å². The minimum Gasteiger partial charge on any atom is -0.378 e. The van der Waals surface area contributed by atoms with Crippen LogP contribution in [0.4, 0.5) is 10.1 Å². The van der Waals surface area contributed by atoms with Gasteiger partial charge in [-0.15, -0.1) is 0 Å². The zero-order valence-electron chi connectivity index (χ0n) is 13.0. The van der Waals surface area contributed by atoms with Gasteiger partial charge in [0.15, 0.2) is 0 Å². The molecule has 0 saturated carbocycles. The quantitative estimate of drug-likeness (QED) is 0.817. The van der Waals surface area contributed by atoms with E-state index >= 15 is 0 Å². The van der Waals surface area contributed by atoms with Gasteiger partial charge in [0.05, 0.1) is 23.9 Å². The van der Waals surface area contributed by atoms with Crippen molar-refractivity contribution < 1.29 is 9.13 Å². The highest BCUT2D eigenvalue weighted by atomic mass is 35.5. The number of nitrogens with two attached hydrogens (primary N) is 1. The zero-order chi connectivity index (χ0) is 16.3. The SMILES string of the molecule is CC(N)C[C@@H](C)C(=N)c1cc(F)c(N2CCOCC2)c(Cl)c1. The second-order valence-electron chi connectivity index (χ2n) is 5.92. The molecule has 1 fully saturated rings. The van der Waals surface area contributed by atoms with Crippen molar-refractivity contribution >= 4 is 23.0 Å². The topological polar surface area (TPSA) is 62.3 Å². The first kappa shape index (κ1) is 17.2. The van der Waals surface area contributed by atoms with Crippen LogP contribution in [0.3, 0.4) is 0 Å². The van der Waals surface area contributed by atoms with Gasteiger partial charge in [-0.05, 0) is 31.4 Å². The van der Waals surface area contributed by atoms with E-state index in [4.69, 9.17) is 27.5 Å². The van der Waals surface area contributed by atoms with E-state index in [2.05, 4.69) is 0 Å². The molecule has 122 valence electrons. The van der Waals surface area contributed by atoms with Gasteiger partial charge in [-0.1, -0.05) is 18.5 Å². The Morgan fingerprint density at radius 1 is 1.41 bits per heavy atom. The van der Waals surface area contributed by atoms with Crippen molar-refractivity contribution in [1.29, 1.82) is 5.41 Å². The zero-order valence-corrected chi connectivity index (χ0v) is 13.8. The summed E-state index contributed by atoms with van der Waals surface area (Å²) in [5.41, 5.74) is 7.07. The molecule has 0 radical (unpaired) electrons. The van der Waals surface area contributed by atoms with Crippen LogP contribution >= 0.6 is 11.6 Å². The van der Waals surface area contributed by atoms with Crippen LogP contribution < -0.4 is 10.6 Å². The van der Waals surface area contributed by atoms with E-state index in [1.54, 1.807) is 6.07 Å². The number of morpholine rings is 1. The second kappa shape index (κ2) is 7.40. The Balaban J connectivity index is 2.23. The first-order valence-corrected chi connectivity index (χ1v) is 7.94. The molecule has 0 aromatic heterocycles. The number of hydrogen-bond donors (Lipinski definition) is 2. The smallest absolute Gasteiger partial charge is 0.148 e. The average Bonchev–Trinajstić information content (AvgIpc) is 2.46. The molecule has 2 atom stereocenters. The standard InChI is InChI=1S/C16H23ClFN3O/c1-10(7-11(2)19)15(20)12-8-13(17)16(14(18)9-12)21-3-5-22-6-4-21/h8-11,20H,3-7,19H2,1-2H3/t10-,11?/m1/s1. The molecule has 0 amide bonds. The second-order valence-corrected chi connectivity index (χ2v) is 6.32. The van der Waals surface area contributed by atoms with Gasteiger partial charge in [-0.25, -0.2) is 4.39 Å². The van der Waals surface area contributed by atoms with Crippen molar-refractivity contribution in [3.63, 3.8) is 0 Å². The highest BCUT2D eigenvalue weighted by Gasteiger charge is 2.21. The summed E-state index contributed by atoms with van der Waals surface area (Å²) in [7, 11) is 0. The van der Waals surface area contributed by atoms with E-state index in [-0.39, 0.29) is 17.8 Å². The number of halogens is 2. The molecule has 1 aliphatic heterocycles. The van der Waals surface area contributed by atoms with Crippen LogP contribution in [0.15, 0.2) is 12.1 Å². The molecule has 1 saturated heterocycles. The number of hydrogen-bond acceptors (Lipinski definition) is 4. The lowest BCUT2D eigenvalue weighted by Gasteiger charge is -2.30. The molecule has 0 aliphatic carbocycles. The molecule has 0 bridgehead atoms. The molecule has 1 heterocycles. The van der Waals surface area contributed by atoms with Gasteiger partial charge >= 0.3 is 0 Å². The molecule has 4 nitrogen and oxygen atoms in total. The maximum Gasteiger partial charge on any atom is 0.148 e. The maximum absolute atomic E-state index is 14.5. The molecular weight excluding hydrogens is 305 g/mol. The fourth-order valence-corrected chi connectivity index (χ4v) is 3.10. The Bertz CT molecular complexity index is 521. The lowest BCUT2D eigenvalue weighted by Crippen LogP contribution is -2.37. The third-order valence-electron chi connectivity index (χ3n) is 3.87. The Hall–Kier alpha value is -1.17. The van der Waals surface area contributed by atoms with Crippen LogP contribution in [0.25, 0.3) is 0 Å². The molecule has 6 heteroatoms. The lowest BCUT2D eigenvalue weighted by atomic mass is 9.92. The predicted molar refractivity (Wildman–Crippen MR) is 88.7 cm³/mol. The monoisotopic (exact) mass is 327 g/mol. The minimum atomic E-state index is -0.387. The fourth-order valence-electron chi connectivity index (χ4n) is 2.77. The minimum absolute atomic E-state index is 0.00305. The van der Waals surface area contributed by atoms with E-state index in [9.17, 15) is 4.39 Å². The largest absolute Gasteiger partial charge is 0.378 e. The van der Waals surface area contributed by atoms with E-state index in [0.29, 0.717) is 54.7 Å². The Labute approximate surface area is 135 Å². The first-order valence-electron chi connectivity index (χ1n) is 7.56. The third-order valence-corrected chi connectivity index (χ3v) is 4.16. The summed E-state index contributed by atoms with van der Waals surface area (Å²) < 4.78 is 19.8. The van der Waals surface area contributed by atoms with Crippen LogP contribution in [-0.2, 0) is 4.74 Å². The summed E-state index contributed by atoms with van der Waals surface area (Å²) >= 11 is 6.28.